The molecule has 0 saturated carbocycles. The van der Waals surface area contributed by atoms with E-state index in [4.69, 9.17) is 9.84 Å². The number of rotatable bonds is 8. The van der Waals surface area contributed by atoms with E-state index in [1.165, 1.54) is 19.1 Å². The standard InChI is InChI=1S/C12H23N3O5/c1-8(11(18)13-2)7-15(3)12(19)14-6-9(20-4)5-10(16)17/h8-9H,5-7H2,1-4H3,(H,13,18)(H,14,19)(H,16,17). The van der Waals surface area contributed by atoms with Crippen molar-refractivity contribution in [1.82, 2.24) is 15.5 Å². The maximum atomic E-state index is 11.8. The highest BCUT2D eigenvalue weighted by molar-refractivity contribution is 5.79. The van der Waals surface area contributed by atoms with E-state index < -0.39 is 12.1 Å². The van der Waals surface area contributed by atoms with Gasteiger partial charge in [0.2, 0.25) is 5.91 Å². The normalized spacial score (nSPS) is 13.2. The van der Waals surface area contributed by atoms with Crippen molar-refractivity contribution >= 4 is 17.9 Å². The minimum absolute atomic E-state index is 0.0975. The summed E-state index contributed by atoms with van der Waals surface area (Å²) in [6.45, 7) is 2.08. The third-order valence-electron chi connectivity index (χ3n) is 2.80. The van der Waals surface area contributed by atoms with Gasteiger partial charge in [0.15, 0.2) is 0 Å². The maximum Gasteiger partial charge on any atom is 0.317 e. The fourth-order valence-corrected chi connectivity index (χ4v) is 1.59. The summed E-state index contributed by atoms with van der Waals surface area (Å²) >= 11 is 0. The van der Waals surface area contributed by atoms with Gasteiger partial charge in [0.1, 0.15) is 0 Å². The second-order valence-corrected chi connectivity index (χ2v) is 4.54. The molecule has 0 spiro atoms. The summed E-state index contributed by atoms with van der Waals surface area (Å²) in [5, 5.41) is 13.7. The second kappa shape index (κ2) is 9.13. The van der Waals surface area contributed by atoms with Gasteiger partial charge in [-0.05, 0) is 0 Å². The Morgan fingerprint density at radius 2 is 1.95 bits per heavy atom. The monoisotopic (exact) mass is 289 g/mol. The van der Waals surface area contributed by atoms with Gasteiger partial charge in [0.05, 0.1) is 18.4 Å². The Hall–Kier alpha value is -1.83. The highest BCUT2D eigenvalue weighted by Gasteiger charge is 2.19. The van der Waals surface area contributed by atoms with E-state index in [0.717, 1.165) is 0 Å². The Labute approximate surface area is 118 Å². The summed E-state index contributed by atoms with van der Waals surface area (Å²) in [4.78, 5) is 35.0. The zero-order chi connectivity index (χ0) is 15.7. The van der Waals surface area contributed by atoms with Crippen molar-refractivity contribution in [3.63, 3.8) is 0 Å². The average molecular weight is 289 g/mol. The van der Waals surface area contributed by atoms with Crippen LogP contribution in [0.2, 0.25) is 0 Å². The van der Waals surface area contributed by atoms with Crippen molar-refractivity contribution in [2.45, 2.75) is 19.4 Å². The van der Waals surface area contributed by atoms with Crippen molar-refractivity contribution in [3.8, 4) is 0 Å². The molecule has 3 N–H and O–H groups in total. The molecule has 0 bridgehead atoms. The molecule has 0 fully saturated rings. The molecule has 0 radical (unpaired) electrons. The van der Waals surface area contributed by atoms with E-state index in [9.17, 15) is 14.4 Å². The first-order valence-electron chi connectivity index (χ1n) is 6.26. The number of carboxylic acid groups (broad SMARTS) is 1. The molecule has 2 atom stereocenters. The number of nitrogens with zero attached hydrogens (tertiary/aromatic N) is 1. The summed E-state index contributed by atoms with van der Waals surface area (Å²) in [5.41, 5.74) is 0. The van der Waals surface area contributed by atoms with E-state index in [0.29, 0.717) is 0 Å². The van der Waals surface area contributed by atoms with Gasteiger partial charge >= 0.3 is 12.0 Å². The fourth-order valence-electron chi connectivity index (χ4n) is 1.59. The third-order valence-corrected chi connectivity index (χ3v) is 2.80. The van der Waals surface area contributed by atoms with Crippen molar-refractivity contribution in [2.75, 3.05) is 34.3 Å². The molecule has 0 saturated heterocycles. The van der Waals surface area contributed by atoms with Crippen molar-refractivity contribution in [1.29, 1.82) is 0 Å². The molecule has 0 aliphatic carbocycles. The molecule has 0 aromatic heterocycles. The van der Waals surface area contributed by atoms with Crippen molar-refractivity contribution in [2.24, 2.45) is 5.92 Å². The van der Waals surface area contributed by atoms with Gasteiger partial charge in [0.25, 0.3) is 0 Å². The summed E-state index contributed by atoms with van der Waals surface area (Å²) in [5.74, 6) is -1.47. The first kappa shape index (κ1) is 18.2. The molecule has 116 valence electrons. The lowest BCUT2D eigenvalue weighted by Crippen LogP contribution is -2.45. The Morgan fingerprint density at radius 3 is 2.40 bits per heavy atom. The van der Waals surface area contributed by atoms with Gasteiger partial charge in [-0.1, -0.05) is 6.92 Å². The molecular formula is C12H23N3O5. The number of urea groups is 1. The van der Waals surface area contributed by atoms with E-state index in [1.807, 2.05) is 0 Å². The average Bonchev–Trinajstić information content (AvgIpc) is 2.41. The molecule has 2 unspecified atom stereocenters. The third kappa shape index (κ3) is 6.93. The van der Waals surface area contributed by atoms with Crippen LogP contribution in [0.3, 0.4) is 0 Å². The summed E-state index contributed by atoms with van der Waals surface area (Å²) in [6.07, 6.45) is -0.768. The summed E-state index contributed by atoms with van der Waals surface area (Å²) in [7, 11) is 4.49. The molecular weight excluding hydrogens is 266 g/mol. The smallest absolute Gasteiger partial charge is 0.317 e. The zero-order valence-corrected chi connectivity index (χ0v) is 12.3. The Bertz CT molecular complexity index is 348. The number of hydrogen-bond acceptors (Lipinski definition) is 4. The van der Waals surface area contributed by atoms with E-state index in [2.05, 4.69) is 10.6 Å². The highest BCUT2D eigenvalue weighted by Crippen LogP contribution is 2.00. The van der Waals surface area contributed by atoms with E-state index in [1.54, 1.807) is 14.0 Å². The Kier molecular flexibility index (Phi) is 8.30. The zero-order valence-electron chi connectivity index (χ0n) is 12.3. The lowest BCUT2D eigenvalue weighted by atomic mass is 10.1. The van der Waals surface area contributed by atoms with E-state index in [-0.39, 0.29) is 37.4 Å². The molecule has 8 heteroatoms. The number of ether oxygens (including phenoxy) is 1. The van der Waals surface area contributed by atoms with Crippen molar-refractivity contribution in [3.05, 3.63) is 0 Å². The van der Waals surface area contributed by atoms with E-state index >= 15 is 0 Å². The van der Waals surface area contributed by atoms with Gasteiger partial charge in [0, 0.05) is 34.3 Å². The topological polar surface area (TPSA) is 108 Å². The molecule has 0 aliphatic heterocycles. The fraction of sp³-hybridized carbons (Fsp3) is 0.750. The van der Waals surface area contributed by atoms with Crippen LogP contribution in [-0.4, -0.2) is 68.3 Å². The lowest BCUT2D eigenvalue weighted by Gasteiger charge is -2.22. The number of aliphatic carboxylic acids is 1. The number of carbonyl (C=O) groups excluding carboxylic acids is 2. The number of amides is 3. The van der Waals surface area contributed by atoms with Gasteiger partial charge in [-0.25, -0.2) is 4.79 Å². The van der Waals surface area contributed by atoms with Crippen LogP contribution >= 0.6 is 0 Å². The SMILES string of the molecule is CNC(=O)C(C)CN(C)C(=O)NCC(CC(=O)O)OC. The van der Waals surface area contributed by atoms with Crippen LogP contribution in [0.5, 0.6) is 0 Å². The summed E-state index contributed by atoms with van der Waals surface area (Å²) in [6, 6.07) is -0.381. The number of nitrogens with one attached hydrogen (secondary N) is 2. The van der Waals surface area contributed by atoms with Crippen molar-refractivity contribution < 1.29 is 24.2 Å². The highest BCUT2D eigenvalue weighted by atomic mass is 16.5. The van der Waals surface area contributed by atoms with Crippen LogP contribution in [-0.2, 0) is 14.3 Å². The first-order valence-corrected chi connectivity index (χ1v) is 6.26. The number of hydrogen-bond donors (Lipinski definition) is 3. The number of carboxylic acids is 1. The lowest BCUT2D eigenvalue weighted by molar-refractivity contribution is -0.139. The number of methoxy groups -OCH3 is 1. The van der Waals surface area contributed by atoms with Crippen LogP contribution in [0, 0.1) is 5.92 Å². The van der Waals surface area contributed by atoms with Gasteiger partial charge in [-0.3, -0.25) is 9.59 Å². The van der Waals surface area contributed by atoms with Gasteiger partial charge < -0.3 is 25.4 Å². The van der Waals surface area contributed by atoms with Crippen LogP contribution in [0.15, 0.2) is 0 Å². The molecule has 3 amide bonds. The van der Waals surface area contributed by atoms with Crippen LogP contribution < -0.4 is 10.6 Å². The maximum absolute atomic E-state index is 11.8. The summed E-state index contributed by atoms with van der Waals surface area (Å²) < 4.78 is 4.95. The predicted octanol–water partition coefficient (Wildman–Crippen LogP) is -0.500. The molecule has 0 aliphatic rings. The number of carbonyl (C=O) groups is 3. The predicted molar refractivity (Wildman–Crippen MR) is 72.3 cm³/mol. The minimum Gasteiger partial charge on any atom is -0.481 e. The molecule has 0 aromatic rings. The molecule has 0 heterocycles. The Balaban J connectivity index is 4.19. The largest absolute Gasteiger partial charge is 0.481 e. The van der Waals surface area contributed by atoms with Crippen LogP contribution in [0.25, 0.3) is 0 Å². The quantitative estimate of drug-likeness (QED) is 0.558. The Morgan fingerprint density at radius 1 is 1.35 bits per heavy atom. The molecule has 0 rings (SSSR count). The molecule has 8 nitrogen and oxygen atoms in total. The second-order valence-electron chi connectivity index (χ2n) is 4.54. The molecule has 20 heavy (non-hydrogen) atoms. The van der Waals surface area contributed by atoms with Crippen LogP contribution in [0.1, 0.15) is 13.3 Å². The van der Waals surface area contributed by atoms with Gasteiger partial charge in [-0.2, -0.15) is 0 Å². The molecule has 0 aromatic carbocycles. The van der Waals surface area contributed by atoms with Crippen LogP contribution in [0.4, 0.5) is 4.79 Å². The minimum atomic E-state index is -0.993. The van der Waals surface area contributed by atoms with Gasteiger partial charge in [-0.15, -0.1) is 0 Å². The first-order chi connectivity index (χ1) is 9.31.